The molecule has 1 aromatic rings. The average Bonchev–Trinajstić information content (AvgIpc) is 2.36. The number of rotatable bonds is 6. The molecule has 0 spiro atoms. The topological polar surface area (TPSA) is 29.1 Å². The van der Waals surface area contributed by atoms with Crippen molar-refractivity contribution in [1.82, 2.24) is 5.32 Å². The van der Waals surface area contributed by atoms with E-state index in [0.717, 1.165) is 29.7 Å². The van der Waals surface area contributed by atoms with E-state index in [9.17, 15) is 4.79 Å². The van der Waals surface area contributed by atoms with Gasteiger partial charge in [-0.3, -0.25) is 4.79 Å². The fourth-order valence-electron chi connectivity index (χ4n) is 2.34. The van der Waals surface area contributed by atoms with Gasteiger partial charge in [0.1, 0.15) is 0 Å². The summed E-state index contributed by atoms with van der Waals surface area (Å²) < 4.78 is 0. The zero-order valence-electron chi connectivity index (χ0n) is 13.2. The number of Topliss-reactive ketones (excluding diaryl/α,β-unsaturated/α-hetero) is 1. The van der Waals surface area contributed by atoms with Gasteiger partial charge >= 0.3 is 0 Å². The molecular formula is C17H27NO. The molecule has 0 amide bonds. The van der Waals surface area contributed by atoms with Crippen LogP contribution in [0.4, 0.5) is 0 Å². The van der Waals surface area contributed by atoms with E-state index in [4.69, 9.17) is 0 Å². The lowest BCUT2D eigenvalue weighted by Gasteiger charge is -2.15. The SMILES string of the molecule is CCC(C)NCCC(=O)c1c(C)c(C)cc(C)c1C. The second kappa shape index (κ2) is 6.85. The van der Waals surface area contributed by atoms with Crippen LogP contribution >= 0.6 is 0 Å². The highest BCUT2D eigenvalue weighted by atomic mass is 16.1. The number of nitrogens with one attached hydrogen (secondary N) is 1. The molecule has 0 aromatic heterocycles. The second-order valence-corrected chi connectivity index (χ2v) is 5.57. The molecule has 0 fully saturated rings. The summed E-state index contributed by atoms with van der Waals surface area (Å²) in [5.41, 5.74) is 5.62. The van der Waals surface area contributed by atoms with E-state index in [1.807, 2.05) is 0 Å². The molecule has 1 aromatic carbocycles. The maximum atomic E-state index is 12.4. The van der Waals surface area contributed by atoms with Crippen LogP contribution in [-0.4, -0.2) is 18.4 Å². The summed E-state index contributed by atoms with van der Waals surface area (Å²) in [6.07, 6.45) is 1.67. The van der Waals surface area contributed by atoms with Gasteiger partial charge in [-0.15, -0.1) is 0 Å². The van der Waals surface area contributed by atoms with Crippen molar-refractivity contribution in [2.75, 3.05) is 6.54 Å². The van der Waals surface area contributed by atoms with Crippen LogP contribution in [0.2, 0.25) is 0 Å². The molecule has 1 N–H and O–H groups in total. The normalized spacial score (nSPS) is 12.5. The summed E-state index contributed by atoms with van der Waals surface area (Å²) in [4.78, 5) is 12.4. The summed E-state index contributed by atoms with van der Waals surface area (Å²) in [7, 11) is 0. The Bertz CT molecular complexity index is 437. The molecule has 0 saturated heterocycles. The Morgan fingerprint density at radius 3 is 2.16 bits per heavy atom. The summed E-state index contributed by atoms with van der Waals surface area (Å²) in [5, 5.41) is 3.38. The summed E-state index contributed by atoms with van der Waals surface area (Å²) in [5.74, 6) is 0.262. The lowest BCUT2D eigenvalue weighted by Crippen LogP contribution is -2.27. The summed E-state index contributed by atoms with van der Waals surface area (Å²) >= 11 is 0. The van der Waals surface area contributed by atoms with Crippen molar-refractivity contribution in [3.8, 4) is 0 Å². The Labute approximate surface area is 117 Å². The molecule has 1 unspecified atom stereocenters. The monoisotopic (exact) mass is 261 g/mol. The number of hydrogen-bond acceptors (Lipinski definition) is 2. The third kappa shape index (κ3) is 3.90. The number of ketones is 1. The number of carbonyl (C=O) groups excluding carboxylic acids is 1. The molecule has 1 atom stereocenters. The van der Waals surface area contributed by atoms with E-state index in [1.54, 1.807) is 0 Å². The van der Waals surface area contributed by atoms with Crippen LogP contribution in [0.25, 0.3) is 0 Å². The maximum absolute atomic E-state index is 12.4. The highest BCUT2D eigenvalue weighted by Gasteiger charge is 2.15. The minimum Gasteiger partial charge on any atom is -0.314 e. The van der Waals surface area contributed by atoms with E-state index >= 15 is 0 Å². The predicted octanol–water partition coefficient (Wildman–Crippen LogP) is 3.88. The largest absolute Gasteiger partial charge is 0.314 e. The van der Waals surface area contributed by atoms with Gasteiger partial charge in [0.15, 0.2) is 5.78 Å². The molecule has 2 nitrogen and oxygen atoms in total. The van der Waals surface area contributed by atoms with Crippen LogP contribution in [-0.2, 0) is 0 Å². The van der Waals surface area contributed by atoms with Crippen LogP contribution in [0.15, 0.2) is 6.07 Å². The molecule has 0 bridgehead atoms. The lowest BCUT2D eigenvalue weighted by molar-refractivity contribution is 0.0980. The van der Waals surface area contributed by atoms with Gasteiger partial charge in [0.05, 0.1) is 0 Å². The zero-order valence-corrected chi connectivity index (χ0v) is 13.2. The molecule has 2 heteroatoms. The minimum absolute atomic E-state index is 0.262. The Kier molecular flexibility index (Phi) is 5.74. The van der Waals surface area contributed by atoms with Gasteiger partial charge in [-0.25, -0.2) is 0 Å². The Hall–Kier alpha value is -1.15. The van der Waals surface area contributed by atoms with Gasteiger partial charge in [-0.05, 0) is 63.3 Å². The molecule has 0 saturated carbocycles. The quantitative estimate of drug-likeness (QED) is 0.787. The van der Waals surface area contributed by atoms with Gasteiger partial charge in [0.2, 0.25) is 0 Å². The standard InChI is InChI=1S/C17H27NO/c1-7-13(4)18-9-8-16(19)17-14(5)11(2)10-12(3)15(17)6/h10,13,18H,7-9H2,1-6H3. The fraction of sp³-hybridized carbons (Fsp3) is 0.588. The number of hydrogen-bond donors (Lipinski definition) is 1. The molecule has 1 rings (SSSR count). The highest BCUT2D eigenvalue weighted by molar-refractivity contribution is 5.99. The average molecular weight is 261 g/mol. The summed E-state index contributed by atoms with van der Waals surface area (Å²) in [6.45, 7) is 13.3. The Balaban J connectivity index is 2.83. The number of carbonyl (C=O) groups is 1. The van der Waals surface area contributed by atoms with E-state index in [-0.39, 0.29) is 5.78 Å². The minimum atomic E-state index is 0.262. The summed E-state index contributed by atoms with van der Waals surface area (Å²) in [6, 6.07) is 2.65. The van der Waals surface area contributed by atoms with Gasteiger partial charge in [-0.1, -0.05) is 13.0 Å². The first kappa shape index (κ1) is 15.9. The maximum Gasteiger partial charge on any atom is 0.164 e. The van der Waals surface area contributed by atoms with Crippen LogP contribution in [0.5, 0.6) is 0 Å². The molecule has 0 aliphatic heterocycles. The van der Waals surface area contributed by atoms with Crippen LogP contribution in [0.1, 0.15) is 59.3 Å². The van der Waals surface area contributed by atoms with Crippen LogP contribution in [0, 0.1) is 27.7 Å². The molecule has 0 aliphatic rings. The van der Waals surface area contributed by atoms with E-state index in [0.29, 0.717) is 12.5 Å². The van der Waals surface area contributed by atoms with E-state index < -0.39 is 0 Å². The third-order valence-electron chi connectivity index (χ3n) is 4.10. The predicted molar refractivity (Wildman–Crippen MR) is 82.1 cm³/mol. The molecule has 0 radical (unpaired) electrons. The van der Waals surface area contributed by atoms with Crippen molar-refractivity contribution >= 4 is 5.78 Å². The van der Waals surface area contributed by atoms with E-state index in [2.05, 4.69) is 52.9 Å². The van der Waals surface area contributed by atoms with Crippen molar-refractivity contribution in [3.63, 3.8) is 0 Å². The van der Waals surface area contributed by atoms with Crippen molar-refractivity contribution in [3.05, 3.63) is 33.9 Å². The Morgan fingerprint density at radius 2 is 1.68 bits per heavy atom. The highest BCUT2D eigenvalue weighted by Crippen LogP contribution is 2.22. The molecule has 0 aliphatic carbocycles. The fourth-order valence-corrected chi connectivity index (χ4v) is 2.34. The zero-order chi connectivity index (χ0) is 14.6. The van der Waals surface area contributed by atoms with Crippen LogP contribution < -0.4 is 5.32 Å². The number of benzene rings is 1. The van der Waals surface area contributed by atoms with Crippen molar-refractivity contribution in [2.45, 2.75) is 60.4 Å². The van der Waals surface area contributed by atoms with Crippen molar-refractivity contribution < 1.29 is 4.79 Å². The van der Waals surface area contributed by atoms with Crippen molar-refractivity contribution in [2.24, 2.45) is 0 Å². The van der Waals surface area contributed by atoms with Crippen LogP contribution in [0.3, 0.4) is 0 Å². The first-order valence-electron chi connectivity index (χ1n) is 7.22. The lowest BCUT2D eigenvalue weighted by atomic mass is 9.91. The van der Waals surface area contributed by atoms with E-state index in [1.165, 1.54) is 11.1 Å². The van der Waals surface area contributed by atoms with Crippen molar-refractivity contribution in [1.29, 1.82) is 0 Å². The van der Waals surface area contributed by atoms with Gasteiger partial charge in [0.25, 0.3) is 0 Å². The first-order valence-corrected chi connectivity index (χ1v) is 7.22. The first-order chi connectivity index (χ1) is 8.88. The number of aryl methyl sites for hydroxylation is 2. The third-order valence-corrected chi connectivity index (χ3v) is 4.10. The molecule has 106 valence electrons. The second-order valence-electron chi connectivity index (χ2n) is 5.57. The Morgan fingerprint density at radius 1 is 1.16 bits per heavy atom. The van der Waals surface area contributed by atoms with Gasteiger partial charge < -0.3 is 5.32 Å². The van der Waals surface area contributed by atoms with Gasteiger partial charge in [-0.2, -0.15) is 0 Å². The molecular weight excluding hydrogens is 234 g/mol. The molecule has 19 heavy (non-hydrogen) atoms. The van der Waals surface area contributed by atoms with Gasteiger partial charge in [0, 0.05) is 24.6 Å². The molecule has 0 heterocycles. The smallest absolute Gasteiger partial charge is 0.164 e.